The van der Waals surface area contributed by atoms with E-state index < -0.39 is 6.10 Å². The van der Waals surface area contributed by atoms with Gasteiger partial charge in [-0.25, -0.2) is 0 Å². The van der Waals surface area contributed by atoms with E-state index in [4.69, 9.17) is 17.3 Å². The molecule has 0 saturated carbocycles. The van der Waals surface area contributed by atoms with Crippen molar-refractivity contribution in [3.8, 4) is 0 Å². The maximum atomic E-state index is 10.7. The second-order valence-corrected chi connectivity index (χ2v) is 6.37. The summed E-state index contributed by atoms with van der Waals surface area (Å²) in [5.41, 5.74) is 7.72. The van der Waals surface area contributed by atoms with Crippen LogP contribution in [-0.2, 0) is 6.54 Å². The maximum absolute atomic E-state index is 10.7. The van der Waals surface area contributed by atoms with Gasteiger partial charge in [0.15, 0.2) is 0 Å². The predicted octanol–water partition coefficient (Wildman–Crippen LogP) is 2.52. The average molecular weight is 374 g/mol. The van der Waals surface area contributed by atoms with E-state index in [2.05, 4.69) is 25.9 Å². The highest BCUT2D eigenvalue weighted by molar-refractivity contribution is 9.10. The fourth-order valence-corrected chi connectivity index (χ4v) is 2.75. The van der Waals surface area contributed by atoms with Crippen molar-refractivity contribution >= 4 is 33.2 Å². The van der Waals surface area contributed by atoms with Gasteiger partial charge in [0.05, 0.1) is 22.9 Å². The molecule has 114 valence electrons. The molecule has 21 heavy (non-hydrogen) atoms. The molecule has 1 atom stereocenters. The van der Waals surface area contributed by atoms with Gasteiger partial charge in [-0.2, -0.15) is 5.10 Å². The van der Waals surface area contributed by atoms with Gasteiger partial charge in [-0.3, -0.25) is 4.68 Å². The summed E-state index contributed by atoms with van der Waals surface area (Å²) in [5, 5.41) is 15.5. The molecule has 1 aromatic heterocycles. The molecular formula is C14H18BrClN4O. The highest BCUT2D eigenvalue weighted by atomic mass is 79.9. The third kappa shape index (κ3) is 3.77. The molecule has 0 bridgehead atoms. The molecule has 0 amide bonds. The molecule has 1 aromatic carbocycles. The lowest BCUT2D eigenvalue weighted by Gasteiger charge is -2.18. The number of hydrogen-bond acceptors (Lipinski definition) is 4. The first kappa shape index (κ1) is 16.3. The van der Waals surface area contributed by atoms with Crippen molar-refractivity contribution in [2.75, 3.05) is 26.4 Å². The second kappa shape index (κ2) is 6.79. The smallest absolute Gasteiger partial charge is 0.124 e. The van der Waals surface area contributed by atoms with Gasteiger partial charge < -0.3 is 15.7 Å². The summed E-state index contributed by atoms with van der Waals surface area (Å²) in [6.45, 7) is 1.50. The lowest BCUT2D eigenvalue weighted by molar-refractivity contribution is 0.205. The molecule has 0 aliphatic carbocycles. The van der Waals surface area contributed by atoms with Gasteiger partial charge in [-0.1, -0.05) is 17.7 Å². The molecule has 2 rings (SSSR count). The summed E-state index contributed by atoms with van der Waals surface area (Å²) in [5.74, 6) is 0. The van der Waals surface area contributed by atoms with Crippen molar-refractivity contribution in [1.29, 1.82) is 0 Å². The molecule has 2 aromatic rings. The van der Waals surface area contributed by atoms with E-state index >= 15 is 0 Å². The van der Waals surface area contributed by atoms with Crippen LogP contribution in [0.1, 0.15) is 17.4 Å². The summed E-state index contributed by atoms with van der Waals surface area (Å²) in [6.07, 6.45) is 0.821. The van der Waals surface area contributed by atoms with Crippen LogP contribution in [0.15, 0.2) is 28.9 Å². The Labute approximate surface area is 137 Å². The minimum absolute atomic E-state index is 0.460. The highest BCUT2D eigenvalue weighted by Gasteiger charge is 2.21. The summed E-state index contributed by atoms with van der Waals surface area (Å²) in [7, 11) is 3.98. The number of aromatic nitrogens is 2. The Morgan fingerprint density at radius 3 is 2.81 bits per heavy atom. The fourth-order valence-electron chi connectivity index (χ4n) is 2.06. The number of nitrogen functional groups attached to an aromatic ring is 1. The van der Waals surface area contributed by atoms with Crippen LogP contribution in [0.5, 0.6) is 0 Å². The van der Waals surface area contributed by atoms with Gasteiger partial charge in [-0.15, -0.1) is 0 Å². The Kier molecular flexibility index (Phi) is 5.27. The zero-order valence-electron chi connectivity index (χ0n) is 11.9. The zero-order valence-corrected chi connectivity index (χ0v) is 14.3. The Balaban J connectivity index is 2.34. The molecule has 0 saturated heterocycles. The summed E-state index contributed by atoms with van der Waals surface area (Å²) in [6, 6.07) is 5.08. The summed E-state index contributed by atoms with van der Waals surface area (Å²) < 4.78 is 2.53. The normalized spacial score (nSPS) is 12.9. The molecule has 7 heteroatoms. The number of nitrogens with zero attached hydrogens (tertiary/aromatic N) is 3. The van der Waals surface area contributed by atoms with Crippen LogP contribution in [0.25, 0.3) is 0 Å². The Bertz CT molecular complexity index is 629. The van der Waals surface area contributed by atoms with Crippen molar-refractivity contribution in [2.24, 2.45) is 0 Å². The Morgan fingerprint density at radius 1 is 1.48 bits per heavy atom. The lowest BCUT2D eigenvalue weighted by atomic mass is 10.0. The van der Waals surface area contributed by atoms with Crippen molar-refractivity contribution in [3.05, 3.63) is 45.1 Å². The summed E-state index contributed by atoms with van der Waals surface area (Å²) in [4.78, 5) is 2.06. The largest absolute Gasteiger partial charge is 0.398 e. The SMILES string of the molecule is CN(C)CCn1ncc(Br)c1C(O)c1ccc(Cl)cc1N. The maximum Gasteiger partial charge on any atom is 0.124 e. The second-order valence-electron chi connectivity index (χ2n) is 5.08. The number of benzene rings is 1. The number of aliphatic hydroxyl groups is 1. The average Bonchev–Trinajstić information content (AvgIpc) is 2.77. The molecule has 3 N–H and O–H groups in total. The van der Waals surface area contributed by atoms with E-state index in [1.165, 1.54) is 0 Å². The lowest BCUT2D eigenvalue weighted by Crippen LogP contribution is -2.21. The van der Waals surface area contributed by atoms with Gasteiger partial charge in [0.25, 0.3) is 0 Å². The molecule has 1 unspecified atom stereocenters. The highest BCUT2D eigenvalue weighted by Crippen LogP contribution is 2.32. The first-order valence-corrected chi connectivity index (χ1v) is 7.66. The third-order valence-electron chi connectivity index (χ3n) is 3.19. The van der Waals surface area contributed by atoms with Crippen molar-refractivity contribution in [2.45, 2.75) is 12.6 Å². The number of anilines is 1. The Hall–Kier alpha value is -1.08. The van der Waals surface area contributed by atoms with E-state index in [9.17, 15) is 5.11 Å². The van der Waals surface area contributed by atoms with Gasteiger partial charge in [-0.05, 0) is 42.2 Å². The zero-order chi connectivity index (χ0) is 15.6. The molecule has 1 heterocycles. The monoisotopic (exact) mass is 372 g/mol. The van der Waals surface area contributed by atoms with Crippen LogP contribution in [0, 0.1) is 0 Å². The van der Waals surface area contributed by atoms with Gasteiger partial charge in [0.2, 0.25) is 0 Å². The molecule has 0 fully saturated rings. The van der Waals surface area contributed by atoms with Crippen LogP contribution in [0.2, 0.25) is 5.02 Å². The van der Waals surface area contributed by atoms with Gasteiger partial charge >= 0.3 is 0 Å². The van der Waals surface area contributed by atoms with Crippen LogP contribution < -0.4 is 5.73 Å². The van der Waals surface area contributed by atoms with Crippen LogP contribution in [-0.4, -0.2) is 40.4 Å². The Morgan fingerprint density at radius 2 is 2.19 bits per heavy atom. The topological polar surface area (TPSA) is 67.3 Å². The fraction of sp³-hybridized carbons (Fsp3) is 0.357. The first-order valence-electron chi connectivity index (χ1n) is 6.49. The van der Waals surface area contributed by atoms with Crippen LogP contribution >= 0.6 is 27.5 Å². The molecule has 5 nitrogen and oxygen atoms in total. The number of likely N-dealkylation sites (N-methyl/N-ethyl adjacent to an activating group) is 1. The minimum Gasteiger partial charge on any atom is -0.398 e. The van der Waals surface area contributed by atoms with Crippen molar-refractivity contribution < 1.29 is 5.11 Å². The minimum atomic E-state index is -0.860. The van der Waals surface area contributed by atoms with Crippen LogP contribution in [0.3, 0.4) is 0 Å². The van der Waals surface area contributed by atoms with Crippen LogP contribution in [0.4, 0.5) is 5.69 Å². The van der Waals surface area contributed by atoms with E-state index in [0.29, 0.717) is 28.5 Å². The standard InChI is InChI=1S/C14H18BrClN4O/c1-19(2)5-6-20-13(11(15)8-18-20)14(21)10-4-3-9(16)7-12(10)17/h3-4,7-8,14,21H,5-6,17H2,1-2H3. The number of hydrogen-bond donors (Lipinski definition) is 2. The first-order chi connectivity index (χ1) is 9.90. The number of rotatable bonds is 5. The quantitative estimate of drug-likeness (QED) is 0.790. The molecule has 0 aliphatic heterocycles. The van der Waals surface area contributed by atoms with Crippen molar-refractivity contribution in [1.82, 2.24) is 14.7 Å². The van der Waals surface area contributed by atoms with Gasteiger partial charge in [0, 0.05) is 22.8 Å². The summed E-state index contributed by atoms with van der Waals surface area (Å²) >= 11 is 9.34. The number of aliphatic hydroxyl groups excluding tert-OH is 1. The number of nitrogens with two attached hydrogens (primary N) is 1. The van der Waals surface area contributed by atoms with E-state index in [-0.39, 0.29) is 0 Å². The number of halogens is 2. The molecule has 0 aliphatic rings. The molecular weight excluding hydrogens is 356 g/mol. The van der Waals surface area contributed by atoms with E-state index in [0.717, 1.165) is 11.0 Å². The predicted molar refractivity (Wildman–Crippen MR) is 88.4 cm³/mol. The molecule has 0 radical (unpaired) electrons. The van der Waals surface area contributed by atoms with E-state index in [1.54, 1.807) is 29.1 Å². The van der Waals surface area contributed by atoms with Crippen molar-refractivity contribution in [3.63, 3.8) is 0 Å². The molecule has 0 spiro atoms. The third-order valence-corrected chi connectivity index (χ3v) is 4.04. The van der Waals surface area contributed by atoms with E-state index in [1.807, 2.05) is 14.1 Å². The van der Waals surface area contributed by atoms with Gasteiger partial charge in [0.1, 0.15) is 6.10 Å².